The molecule has 0 atom stereocenters. The molecule has 0 aliphatic rings. The molecule has 0 saturated heterocycles. The SMILES string of the molecule is Cc1ccc(C)c(OCC(=O)NCCSCc2ccccc2)c1. The Balaban J connectivity index is 1.61. The number of amides is 1. The number of benzene rings is 2. The van der Waals surface area contributed by atoms with Gasteiger partial charge >= 0.3 is 0 Å². The van der Waals surface area contributed by atoms with Crippen molar-refractivity contribution >= 4 is 17.7 Å². The number of nitrogens with one attached hydrogen (secondary N) is 1. The third-order valence-electron chi connectivity index (χ3n) is 3.38. The maximum atomic E-state index is 11.8. The molecule has 0 aliphatic heterocycles. The van der Waals surface area contributed by atoms with Crippen LogP contribution in [0.15, 0.2) is 48.5 Å². The number of hydrogen-bond donors (Lipinski definition) is 1. The summed E-state index contributed by atoms with van der Waals surface area (Å²) in [7, 11) is 0. The molecule has 4 heteroatoms. The van der Waals surface area contributed by atoms with E-state index in [0.29, 0.717) is 6.54 Å². The van der Waals surface area contributed by atoms with Crippen molar-refractivity contribution in [2.45, 2.75) is 19.6 Å². The van der Waals surface area contributed by atoms with E-state index >= 15 is 0 Å². The summed E-state index contributed by atoms with van der Waals surface area (Å²) in [6.07, 6.45) is 0. The van der Waals surface area contributed by atoms with Gasteiger partial charge in [-0.2, -0.15) is 11.8 Å². The Hall–Kier alpha value is -1.94. The number of carbonyl (C=O) groups is 1. The lowest BCUT2D eigenvalue weighted by atomic mass is 10.1. The van der Waals surface area contributed by atoms with Crippen LogP contribution in [0.4, 0.5) is 0 Å². The second-order valence-corrected chi connectivity index (χ2v) is 6.55. The van der Waals surface area contributed by atoms with E-state index in [9.17, 15) is 4.79 Å². The zero-order chi connectivity index (χ0) is 16.5. The minimum absolute atomic E-state index is 0.0631. The quantitative estimate of drug-likeness (QED) is 0.750. The molecule has 0 radical (unpaired) electrons. The average molecular weight is 329 g/mol. The minimum Gasteiger partial charge on any atom is -0.483 e. The summed E-state index contributed by atoms with van der Waals surface area (Å²) in [6.45, 7) is 4.71. The smallest absolute Gasteiger partial charge is 0.257 e. The minimum atomic E-state index is -0.0776. The molecule has 0 heterocycles. The number of aryl methyl sites for hydroxylation is 2. The van der Waals surface area contributed by atoms with Crippen LogP contribution in [0.1, 0.15) is 16.7 Å². The first kappa shape index (κ1) is 17.4. The lowest BCUT2D eigenvalue weighted by Crippen LogP contribution is -2.30. The van der Waals surface area contributed by atoms with Crippen molar-refractivity contribution < 1.29 is 9.53 Å². The van der Waals surface area contributed by atoms with Gasteiger partial charge in [-0.05, 0) is 36.6 Å². The van der Waals surface area contributed by atoms with E-state index < -0.39 is 0 Å². The molecule has 0 fully saturated rings. The van der Waals surface area contributed by atoms with Crippen LogP contribution in [0.2, 0.25) is 0 Å². The Morgan fingerprint density at radius 2 is 1.91 bits per heavy atom. The zero-order valence-corrected chi connectivity index (χ0v) is 14.5. The Bertz CT molecular complexity index is 629. The monoisotopic (exact) mass is 329 g/mol. The molecule has 23 heavy (non-hydrogen) atoms. The van der Waals surface area contributed by atoms with E-state index in [2.05, 4.69) is 17.4 Å². The number of carbonyl (C=O) groups excluding carboxylic acids is 1. The molecular formula is C19H23NO2S. The summed E-state index contributed by atoms with van der Waals surface area (Å²) in [6, 6.07) is 16.3. The molecule has 122 valence electrons. The Morgan fingerprint density at radius 3 is 2.70 bits per heavy atom. The van der Waals surface area contributed by atoms with Gasteiger partial charge in [0.05, 0.1) is 0 Å². The Labute approximate surface area is 142 Å². The second kappa shape index (κ2) is 9.26. The van der Waals surface area contributed by atoms with Crippen molar-refractivity contribution in [3.63, 3.8) is 0 Å². The summed E-state index contributed by atoms with van der Waals surface area (Å²) >= 11 is 1.81. The molecule has 0 unspecified atom stereocenters. The van der Waals surface area contributed by atoms with Gasteiger partial charge in [-0.1, -0.05) is 42.5 Å². The lowest BCUT2D eigenvalue weighted by Gasteiger charge is -2.10. The van der Waals surface area contributed by atoms with E-state index in [4.69, 9.17) is 4.74 Å². The van der Waals surface area contributed by atoms with Gasteiger partial charge in [-0.15, -0.1) is 0 Å². The molecule has 3 nitrogen and oxygen atoms in total. The van der Waals surface area contributed by atoms with Crippen LogP contribution < -0.4 is 10.1 Å². The highest BCUT2D eigenvalue weighted by molar-refractivity contribution is 7.98. The van der Waals surface area contributed by atoms with Gasteiger partial charge in [-0.25, -0.2) is 0 Å². The molecule has 0 saturated carbocycles. The van der Waals surface area contributed by atoms with Crippen molar-refractivity contribution in [2.75, 3.05) is 18.9 Å². The zero-order valence-electron chi connectivity index (χ0n) is 13.7. The summed E-state index contributed by atoms with van der Waals surface area (Å²) < 4.78 is 5.59. The number of hydrogen-bond acceptors (Lipinski definition) is 3. The summed E-state index contributed by atoms with van der Waals surface area (Å²) in [4.78, 5) is 11.8. The van der Waals surface area contributed by atoms with Crippen LogP contribution in [-0.2, 0) is 10.5 Å². The Morgan fingerprint density at radius 1 is 1.13 bits per heavy atom. The van der Waals surface area contributed by atoms with Gasteiger partial charge in [0, 0.05) is 18.1 Å². The first-order chi connectivity index (χ1) is 11.1. The number of thioether (sulfide) groups is 1. The first-order valence-corrected chi connectivity index (χ1v) is 8.89. The van der Waals surface area contributed by atoms with E-state index in [1.807, 2.05) is 62.0 Å². The van der Waals surface area contributed by atoms with Crippen LogP contribution in [0.25, 0.3) is 0 Å². The highest BCUT2D eigenvalue weighted by Gasteiger charge is 2.04. The maximum Gasteiger partial charge on any atom is 0.257 e. The molecule has 2 aromatic rings. The van der Waals surface area contributed by atoms with Crippen molar-refractivity contribution in [1.29, 1.82) is 0 Å². The van der Waals surface area contributed by atoms with E-state index in [1.165, 1.54) is 5.56 Å². The first-order valence-electron chi connectivity index (χ1n) is 7.73. The maximum absolute atomic E-state index is 11.8. The van der Waals surface area contributed by atoms with E-state index in [-0.39, 0.29) is 12.5 Å². The predicted molar refractivity (Wildman–Crippen MR) is 97.0 cm³/mol. The van der Waals surface area contributed by atoms with E-state index in [0.717, 1.165) is 28.4 Å². The van der Waals surface area contributed by atoms with Gasteiger partial charge in [-0.3, -0.25) is 4.79 Å². The van der Waals surface area contributed by atoms with Gasteiger partial charge in [0.15, 0.2) is 6.61 Å². The topological polar surface area (TPSA) is 38.3 Å². The van der Waals surface area contributed by atoms with Crippen molar-refractivity contribution in [1.82, 2.24) is 5.32 Å². The highest BCUT2D eigenvalue weighted by atomic mass is 32.2. The van der Waals surface area contributed by atoms with Crippen molar-refractivity contribution in [3.05, 3.63) is 65.2 Å². The molecule has 1 amide bonds. The van der Waals surface area contributed by atoms with E-state index in [1.54, 1.807) is 0 Å². The summed E-state index contributed by atoms with van der Waals surface area (Å²) in [5.41, 5.74) is 3.48. The van der Waals surface area contributed by atoms with Crippen LogP contribution in [0, 0.1) is 13.8 Å². The fraction of sp³-hybridized carbons (Fsp3) is 0.316. The number of rotatable bonds is 8. The normalized spacial score (nSPS) is 10.3. The fourth-order valence-corrected chi connectivity index (χ4v) is 2.90. The lowest BCUT2D eigenvalue weighted by molar-refractivity contribution is -0.122. The van der Waals surface area contributed by atoms with Crippen LogP contribution in [0.5, 0.6) is 5.75 Å². The summed E-state index contributed by atoms with van der Waals surface area (Å²) in [5, 5.41) is 2.89. The molecule has 1 N–H and O–H groups in total. The molecule has 0 aliphatic carbocycles. The van der Waals surface area contributed by atoms with Gasteiger partial charge < -0.3 is 10.1 Å². The van der Waals surface area contributed by atoms with Crippen molar-refractivity contribution in [3.8, 4) is 5.75 Å². The second-order valence-electron chi connectivity index (χ2n) is 5.45. The standard InChI is InChI=1S/C19H23NO2S/c1-15-8-9-16(2)18(12-15)22-13-19(21)20-10-11-23-14-17-6-4-3-5-7-17/h3-9,12H,10-11,13-14H2,1-2H3,(H,20,21). The average Bonchev–Trinajstić information content (AvgIpc) is 2.56. The number of ether oxygens (including phenoxy) is 1. The molecule has 0 bridgehead atoms. The Kier molecular flexibility index (Phi) is 7.01. The third-order valence-corrected chi connectivity index (χ3v) is 4.41. The van der Waals surface area contributed by atoms with Crippen molar-refractivity contribution in [2.24, 2.45) is 0 Å². The van der Waals surface area contributed by atoms with Crippen LogP contribution in [0.3, 0.4) is 0 Å². The van der Waals surface area contributed by atoms with Gasteiger partial charge in [0.2, 0.25) is 0 Å². The molecule has 2 rings (SSSR count). The summed E-state index contributed by atoms with van der Waals surface area (Å²) in [5.74, 6) is 2.56. The molecule has 0 spiro atoms. The van der Waals surface area contributed by atoms with Gasteiger partial charge in [0.1, 0.15) is 5.75 Å². The highest BCUT2D eigenvalue weighted by Crippen LogP contribution is 2.18. The molecule has 2 aromatic carbocycles. The largest absolute Gasteiger partial charge is 0.483 e. The van der Waals surface area contributed by atoms with Crippen LogP contribution in [-0.4, -0.2) is 24.8 Å². The predicted octanol–water partition coefficient (Wildman–Crippen LogP) is 3.73. The third kappa shape index (κ3) is 6.37. The van der Waals surface area contributed by atoms with Gasteiger partial charge in [0.25, 0.3) is 5.91 Å². The molecular weight excluding hydrogens is 306 g/mol. The fourth-order valence-electron chi connectivity index (χ4n) is 2.08. The molecule has 0 aromatic heterocycles. The van der Waals surface area contributed by atoms with Crippen LogP contribution >= 0.6 is 11.8 Å².